The Morgan fingerprint density at radius 3 is 2.62 bits per heavy atom. The van der Waals surface area contributed by atoms with Crippen molar-refractivity contribution >= 4 is 23.2 Å². The smallest absolute Gasteiger partial charge is 0.262 e. The topological polar surface area (TPSA) is 59.2 Å². The van der Waals surface area contributed by atoms with E-state index < -0.39 is 0 Å². The Morgan fingerprint density at radius 2 is 1.86 bits per heavy atom. The minimum atomic E-state index is 0.0879. The van der Waals surface area contributed by atoms with Gasteiger partial charge in [-0.15, -0.1) is 0 Å². The van der Waals surface area contributed by atoms with Crippen LogP contribution in [0.15, 0.2) is 40.9 Å². The average molecular weight is 321 g/mol. The molecule has 0 radical (unpaired) electrons. The van der Waals surface area contributed by atoms with Crippen LogP contribution in [0.1, 0.15) is 5.56 Å². The van der Waals surface area contributed by atoms with Gasteiger partial charge in [-0.25, -0.2) is 0 Å². The molecule has 0 aliphatic rings. The van der Waals surface area contributed by atoms with Crippen LogP contribution in [0.3, 0.4) is 0 Å². The number of benzene rings is 2. The van der Waals surface area contributed by atoms with E-state index in [1.54, 1.807) is 36.4 Å². The Labute approximate surface area is 130 Å². The number of nitrogens with zero attached hydrogens (tertiary/aromatic N) is 2. The van der Waals surface area contributed by atoms with E-state index in [0.717, 1.165) is 5.56 Å². The number of phenolic OH excluding ortho intramolecular Hbond substituents is 1. The summed E-state index contributed by atoms with van der Waals surface area (Å²) < 4.78 is 5.21. The molecule has 106 valence electrons. The van der Waals surface area contributed by atoms with Crippen LogP contribution < -0.4 is 0 Å². The lowest BCUT2D eigenvalue weighted by Crippen LogP contribution is -1.83. The van der Waals surface area contributed by atoms with Gasteiger partial charge >= 0.3 is 0 Å². The molecule has 0 spiro atoms. The molecule has 21 heavy (non-hydrogen) atoms. The summed E-state index contributed by atoms with van der Waals surface area (Å²) in [5.41, 5.74) is 2.16. The molecule has 0 bridgehead atoms. The van der Waals surface area contributed by atoms with Crippen LogP contribution in [-0.2, 0) is 0 Å². The molecule has 0 unspecified atom stereocenters. The molecule has 0 saturated carbocycles. The SMILES string of the molecule is Cc1ccc(O)c(-c2nc(-c3ccc(Cl)c(Cl)c3)no2)c1. The first-order valence-corrected chi connectivity index (χ1v) is 6.89. The maximum Gasteiger partial charge on any atom is 0.262 e. The molecule has 0 aliphatic heterocycles. The number of halogens is 2. The van der Waals surface area contributed by atoms with Crippen LogP contribution in [0.5, 0.6) is 5.75 Å². The average Bonchev–Trinajstić information content (AvgIpc) is 2.94. The third-order valence-electron chi connectivity index (χ3n) is 2.99. The standard InChI is InChI=1S/C15H10Cl2N2O2/c1-8-2-5-13(20)10(6-8)15-18-14(19-21-15)9-3-4-11(16)12(17)7-9/h2-7,20H,1H3. The second kappa shape index (κ2) is 5.39. The van der Waals surface area contributed by atoms with Crippen molar-refractivity contribution in [3.8, 4) is 28.6 Å². The van der Waals surface area contributed by atoms with E-state index in [0.29, 0.717) is 27.0 Å². The number of hydrogen-bond acceptors (Lipinski definition) is 4. The Balaban J connectivity index is 2.03. The molecule has 3 rings (SSSR count). The van der Waals surface area contributed by atoms with E-state index in [1.807, 2.05) is 6.92 Å². The second-order valence-corrected chi connectivity index (χ2v) is 5.39. The van der Waals surface area contributed by atoms with E-state index in [4.69, 9.17) is 27.7 Å². The van der Waals surface area contributed by atoms with Crippen LogP contribution in [0.25, 0.3) is 22.8 Å². The number of aromatic nitrogens is 2. The highest BCUT2D eigenvalue weighted by Crippen LogP contribution is 2.31. The summed E-state index contributed by atoms with van der Waals surface area (Å²) >= 11 is 11.9. The van der Waals surface area contributed by atoms with Crippen molar-refractivity contribution in [3.05, 3.63) is 52.0 Å². The summed E-state index contributed by atoms with van der Waals surface area (Å²) in [5.74, 6) is 0.715. The minimum absolute atomic E-state index is 0.0879. The van der Waals surface area contributed by atoms with E-state index in [9.17, 15) is 5.11 Å². The Bertz CT molecular complexity index is 815. The molecule has 1 heterocycles. The minimum Gasteiger partial charge on any atom is -0.507 e. The van der Waals surface area contributed by atoms with Crippen molar-refractivity contribution in [1.29, 1.82) is 0 Å². The largest absolute Gasteiger partial charge is 0.507 e. The van der Waals surface area contributed by atoms with E-state index >= 15 is 0 Å². The van der Waals surface area contributed by atoms with Gasteiger partial charge in [0.1, 0.15) is 5.75 Å². The molecule has 0 fully saturated rings. The zero-order valence-electron chi connectivity index (χ0n) is 11.0. The van der Waals surface area contributed by atoms with Crippen LogP contribution >= 0.6 is 23.2 Å². The van der Waals surface area contributed by atoms with Crippen LogP contribution in [0.2, 0.25) is 10.0 Å². The number of rotatable bonds is 2. The lowest BCUT2D eigenvalue weighted by Gasteiger charge is -2.00. The number of aryl methyl sites for hydroxylation is 1. The summed E-state index contributed by atoms with van der Waals surface area (Å²) in [5, 5.41) is 14.7. The molecule has 1 N–H and O–H groups in total. The lowest BCUT2D eigenvalue weighted by atomic mass is 10.1. The Morgan fingerprint density at radius 1 is 1.05 bits per heavy atom. The van der Waals surface area contributed by atoms with Gasteiger partial charge in [-0.1, -0.05) is 40.0 Å². The highest BCUT2D eigenvalue weighted by molar-refractivity contribution is 6.42. The quantitative estimate of drug-likeness (QED) is 0.741. The van der Waals surface area contributed by atoms with Gasteiger partial charge in [-0.05, 0) is 37.3 Å². The number of hydrogen-bond donors (Lipinski definition) is 1. The van der Waals surface area contributed by atoms with Crippen molar-refractivity contribution in [1.82, 2.24) is 10.1 Å². The van der Waals surface area contributed by atoms with E-state index in [1.165, 1.54) is 0 Å². The maximum atomic E-state index is 9.88. The van der Waals surface area contributed by atoms with Crippen molar-refractivity contribution in [2.24, 2.45) is 0 Å². The van der Waals surface area contributed by atoms with E-state index in [2.05, 4.69) is 10.1 Å². The molecular weight excluding hydrogens is 311 g/mol. The Kier molecular flexibility index (Phi) is 3.57. The third kappa shape index (κ3) is 2.73. The van der Waals surface area contributed by atoms with Gasteiger partial charge in [0.25, 0.3) is 5.89 Å². The summed E-state index contributed by atoms with van der Waals surface area (Å²) in [7, 11) is 0. The molecule has 3 aromatic rings. The van der Waals surface area contributed by atoms with Crippen LogP contribution in [-0.4, -0.2) is 15.2 Å². The monoisotopic (exact) mass is 320 g/mol. The zero-order chi connectivity index (χ0) is 15.0. The highest BCUT2D eigenvalue weighted by Gasteiger charge is 2.14. The first kappa shape index (κ1) is 13.9. The molecule has 0 atom stereocenters. The zero-order valence-corrected chi connectivity index (χ0v) is 12.5. The molecule has 1 aromatic heterocycles. The third-order valence-corrected chi connectivity index (χ3v) is 3.73. The summed E-state index contributed by atoms with van der Waals surface area (Å²) in [6, 6.07) is 10.2. The maximum absolute atomic E-state index is 9.88. The normalized spacial score (nSPS) is 10.8. The van der Waals surface area contributed by atoms with Crippen molar-refractivity contribution in [3.63, 3.8) is 0 Å². The van der Waals surface area contributed by atoms with E-state index in [-0.39, 0.29) is 11.6 Å². The van der Waals surface area contributed by atoms with Gasteiger partial charge in [0, 0.05) is 5.56 Å². The fourth-order valence-electron chi connectivity index (χ4n) is 1.91. The summed E-state index contributed by atoms with van der Waals surface area (Å²) in [6.45, 7) is 1.92. The fourth-order valence-corrected chi connectivity index (χ4v) is 2.20. The Hall–Kier alpha value is -2.04. The van der Waals surface area contributed by atoms with Gasteiger partial charge in [0.2, 0.25) is 5.82 Å². The first-order valence-electron chi connectivity index (χ1n) is 6.14. The number of phenols is 1. The highest BCUT2D eigenvalue weighted by atomic mass is 35.5. The van der Waals surface area contributed by atoms with Crippen molar-refractivity contribution in [2.45, 2.75) is 6.92 Å². The first-order chi connectivity index (χ1) is 10.0. The predicted molar refractivity (Wildman–Crippen MR) is 81.6 cm³/mol. The van der Waals surface area contributed by atoms with Gasteiger partial charge in [-0.3, -0.25) is 0 Å². The van der Waals surface area contributed by atoms with Gasteiger partial charge in [0.15, 0.2) is 0 Å². The molecular formula is C15H10Cl2N2O2. The molecule has 6 heteroatoms. The molecule has 0 aliphatic carbocycles. The molecule has 0 saturated heterocycles. The molecule has 4 nitrogen and oxygen atoms in total. The lowest BCUT2D eigenvalue weighted by molar-refractivity contribution is 0.425. The van der Waals surface area contributed by atoms with Gasteiger partial charge in [-0.2, -0.15) is 4.98 Å². The van der Waals surface area contributed by atoms with Crippen LogP contribution in [0.4, 0.5) is 0 Å². The summed E-state index contributed by atoms with van der Waals surface area (Å²) in [4.78, 5) is 4.28. The second-order valence-electron chi connectivity index (χ2n) is 4.57. The fraction of sp³-hybridized carbons (Fsp3) is 0.0667. The van der Waals surface area contributed by atoms with Gasteiger partial charge in [0.05, 0.1) is 15.6 Å². The van der Waals surface area contributed by atoms with Crippen LogP contribution in [0, 0.1) is 6.92 Å². The molecule has 2 aromatic carbocycles. The van der Waals surface area contributed by atoms with Crippen molar-refractivity contribution < 1.29 is 9.63 Å². The van der Waals surface area contributed by atoms with Crippen molar-refractivity contribution in [2.75, 3.05) is 0 Å². The predicted octanol–water partition coefficient (Wildman–Crippen LogP) is 4.72. The summed E-state index contributed by atoms with van der Waals surface area (Å²) in [6.07, 6.45) is 0. The van der Waals surface area contributed by atoms with Gasteiger partial charge < -0.3 is 9.63 Å². The molecule has 0 amide bonds. The number of aromatic hydroxyl groups is 1.